The van der Waals surface area contributed by atoms with Crippen LogP contribution in [0.1, 0.15) is 41.6 Å². The molecule has 1 atom stereocenters. The molecule has 0 amide bonds. The van der Waals surface area contributed by atoms with Gasteiger partial charge >= 0.3 is 5.97 Å². The predicted molar refractivity (Wildman–Crippen MR) is 79.2 cm³/mol. The molecule has 1 unspecified atom stereocenters. The fourth-order valence-corrected chi connectivity index (χ4v) is 2.83. The minimum absolute atomic E-state index is 0.0576. The van der Waals surface area contributed by atoms with Crippen LogP contribution in [0.25, 0.3) is 0 Å². The van der Waals surface area contributed by atoms with E-state index in [0.29, 0.717) is 5.69 Å². The van der Waals surface area contributed by atoms with Crippen molar-refractivity contribution in [2.75, 3.05) is 23.8 Å². The van der Waals surface area contributed by atoms with E-state index in [0.717, 1.165) is 43.5 Å². The van der Waals surface area contributed by atoms with Gasteiger partial charge < -0.3 is 20.8 Å². The minimum atomic E-state index is -1.01. The average molecular weight is 278 g/mol. The van der Waals surface area contributed by atoms with Gasteiger partial charge in [0.1, 0.15) is 0 Å². The van der Waals surface area contributed by atoms with E-state index in [1.54, 1.807) is 6.07 Å². The molecule has 20 heavy (non-hydrogen) atoms. The minimum Gasteiger partial charge on any atom is -0.478 e. The van der Waals surface area contributed by atoms with E-state index in [2.05, 4.69) is 4.90 Å². The summed E-state index contributed by atoms with van der Waals surface area (Å²) in [5.74, 6) is -1.01. The summed E-state index contributed by atoms with van der Waals surface area (Å²) in [4.78, 5) is 13.4. The summed E-state index contributed by atoms with van der Waals surface area (Å²) in [5.41, 5.74) is 7.89. The first-order chi connectivity index (χ1) is 9.54. The number of aromatic carboxylic acids is 1. The lowest BCUT2D eigenvalue weighted by Gasteiger charge is -2.31. The Bertz CT molecular complexity index is 502. The SMILES string of the molecule is Cc1cc(N2CCCCCC2CO)cc(C(=O)O)c1N. The monoisotopic (exact) mass is 278 g/mol. The van der Waals surface area contributed by atoms with Crippen LogP contribution in [0, 0.1) is 6.92 Å². The Morgan fingerprint density at radius 1 is 1.40 bits per heavy atom. The predicted octanol–water partition coefficient (Wildman–Crippen LogP) is 2.02. The van der Waals surface area contributed by atoms with Crippen LogP contribution in [0.3, 0.4) is 0 Å². The van der Waals surface area contributed by atoms with E-state index in [4.69, 9.17) is 5.73 Å². The Morgan fingerprint density at radius 3 is 2.80 bits per heavy atom. The molecule has 1 fully saturated rings. The second-order valence-electron chi connectivity index (χ2n) is 5.41. The number of aliphatic hydroxyl groups is 1. The topological polar surface area (TPSA) is 86.8 Å². The van der Waals surface area contributed by atoms with Crippen molar-refractivity contribution in [2.45, 2.75) is 38.6 Å². The molecule has 1 aliphatic rings. The number of nitrogens with zero attached hydrogens (tertiary/aromatic N) is 1. The second kappa shape index (κ2) is 6.13. The lowest BCUT2D eigenvalue weighted by atomic mass is 10.0. The molecule has 0 spiro atoms. The number of nitrogens with two attached hydrogens (primary N) is 1. The van der Waals surface area contributed by atoms with Gasteiger partial charge in [0.2, 0.25) is 0 Å². The lowest BCUT2D eigenvalue weighted by molar-refractivity contribution is 0.0698. The molecule has 0 aromatic heterocycles. The molecule has 2 rings (SSSR count). The molecule has 0 aliphatic carbocycles. The maximum absolute atomic E-state index is 11.3. The van der Waals surface area contributed by atoms with E-state index in [1.165, 1.54) is 0 Å². The van der Waals surface area contributed by atoms with Gasteiger partial charge in [-0.05, 0) is 37.5 Å². The van der Waals surface area contributed by atoms with Gasteiger partial charge in [-0.25, -0.2) is 4.79 Å². The number of hydrogen-bond acceptors (Lipinski definition) is 4. The summed E-state index contributed by atoms with van der Waals surface area (Å²) < 4.78 is 0. The van der Waals surface area contributed by atoms with Crippen molar-refractivity contribution >= 4 is 17.3 Å². The fraction of sp³-hybridized carbons (Fsp3) is 0.533. The lowest BCUT2D eigenvalue weighted by Crippen LogP contribution is -2.37. The summed E-state index contributed by atoms with van der Waals surface area (Å²) in [6, 6.07) is 3.59. The molecular formula is C15H22N2O3. The summed E-state index contributed by atoms with van der Waals surface area (Å²) in [6.07, 6.45) is 4.23. The maximum Gasteiger partial charge on any atom is 0.337 e. The van der Waals surface area contributed by atoms with Gasteiger partial charge in [-0.1, -0.05) is 12.8 Å². The number of carboxylic acid groups (broad SMARTS) is 1. The molecule has 1 heterocycles. The van der Waals surface area contributed by atoms with E-state index < -0.39 is 5.97 Å². The van der Waals surface area contributed by atoms with Gasteiger partial charge in [0.15, 0.2) is 0 Å². The van der Waals surface area contributed by atoms with E-state index in [1.807, 2.05) is 13.0 Å². The number of anilines is 2. The number of hydrogen-bond donors (Lipinski definition) is 3. The van der Waals surface area contributed by atoms with Gasteiger partial charge in [-0.15, -0.1) is 0 Å². The van der Waals surface area contributed by atoms with E-state index in [9.17, 15) is 15.0 Å². The van der Waals surface area contributed by atoms with Crippen LogP contribution in [0.4, 0.5) is 11.4 Å². The van der Waals surface area contributed by atoms with Crippen molar-refractivity contribution in [3.63, 3.8) is 0 Å². The largest absolute Gasteiger partial charge is 0.478 e. The summed E-state index contributed by atoms with van der Waals surface area (Å²) in [5, 5.41) is 18.8. The Hall–Kier alpha value is -1.75. The zero-order valence-corrected chi connectivity index (χ0v) is 11.8. The van der Waals surface area contributed by atoms with Crippen molar-refractivity contribution in [2.24, 2.45) is 0 Å². The number of aliphatic hydroxyl groups excluding tert-OH is 1. The molecule has 1 aromatic rings. The molecule has 4 N–H and O–H groups in total. The van der Waals surface area contributed by atoms with Crippen LogP contribution >= 0.6 is 0 Å². The third-order valence-corrected chi connectivity index (χ3v) is 4.02. The molecule has 1 aliphatic heterocycles. The van der Waals surface area contributed by atoms with Crippen LogP contribution in [-0.2, 0) is 0 Å². The molecule has 1 aromatic carbocycles. The van der Waals surface area contributed by atoms with Crippen LogP contribution in [0.5, 0.6) is 0 Å². The van der Waals surface area contributed by atoms with Crippen molar-refractivity contribution in [3.05, 3.63) is 23.3 Å². The highest BCUT2D eigenvalue weighted by Crippen LogP contribution is 2.29. The summed E-state index contributed by atoms with van der Waals surface area (Å²) >= 11 is 0. The quantitative estimate of drug-likeness (QED) is 0.736. The highest BCUT2D eigenvalue weighted by molar-refractivity contribution is 5.95. The highest BCUT2D eigenvalue weighted by Gasteiger charge is 2.22. The number of carbonyl (C=O) groups is 1. The number of carboxylic acids is 1. The van der Waals surface area contributed by atoms with Gasteiger partial charge in [0, 0.05) is 17.9 Å². The van der Waals surface area contributed by atoms with Gasteiger partial charge in [-0.3, -0.25) is 0 Å². The zero-order valence-electron chi connectivity index (χ0n) is 11.8. The van der Waals surface area contributed by atoms with Crippen LogP contribution < -0.4 is 10.6 Å². The van der Waals surface area contributed by atoms with Gasteiger partial charge in [0.05, 0.1) is 18.2 Å². The Labute approximate surface area is 119 Å². The standard InChI is InChI=1S/C15H22N2O3/c1-10-7-12(8-13(14(10)16)15(19)20)17-6-4-2-3-5-11(17)9-18/h7-8,11,18H,2-6,9,16H2,1H3,(H,19,20). The first kappa shape index (κ1) is 14.7. The average Bonchev–Trinajstić information content (AvgIpc) is 2.66. The van der Waals surface area contributed by atoms with Crippen molar-refractivity contribution < 1.29 is 15.0 Å². The first-order valence-corrected chi connectivity index (χ1v) is 7.05. The van der Waals surface area contributed by atoms with E-state index in [-0.39, 0.29) is 18.2 Å². The van der Waals surface area contributed by atoms with Crippen molar-refractivity contribution in [1.82, 2.24) is 0 Å². The van der Waals surface area contributed by atoms with Crippen molar-refractivity contribution in [3.8, 4) is 0 Å². The molecule has 0 bridgehead atoms. The molecule has 5 heteroatoms. The third kappa shape index (κ3) is 2.88. The first-order valence-electron chi connectivity index (χ1n) is 7.05. The van der Waals surface area contributed by atoms with Crippen molar-refractivity contribution in [1.29, 1.82) is 0 Å². The van der Waals surface area contributed by atoms with Gasteiger partial charge in [-0.2, -0.15) is 0 Å². The number of aryl methyl sites for hydroxylation is 1. The van der Waals surface area contributed by atoms with E-state index >= 15 is 0 Å². The number of nitrogen functional groups attached to an aromatic ring is 1. The Kier molecular flexibility index (Phi) is 4.49. The summed E-state index contributed by atoms with van der Waals surface area (Å²) in [6.45, 7) is 2.75. The third-order valence-electron chi connectivity index (χ3n) is 4.02. The Balaban J connectivity index is 2.42. The fourth-order valence-electron chi connectivity index (χ4n) is 2.83. The summed E-state index contributed by atoms with van der Waals surface area (Å²) in [7, 11) is 0. The molecule has 1 saturated heterocycles. The normalized spacial score (nSPS) is 19.7. The van der Waals surface area contributed by atoms with Crippen LogP contribution in [0.15, 0.2) is 12.1 Å². The molecule has 0 saturated carbocycles. The molecular weight excluding hydrogens is 256 g/mol. The number of benzene rings is 1. The highest BCUT2D eigenvalue weighted by atomic mass is 16.4. The Morgan fingerprint density at radius 2 is 2.15 bits per heavy atom. The smallest absolute Gasteiger partial charge is 0.337 e. The molecule has 110 valence electrons. The van der Waals surface area contributed by atoms with Crippen LogP contribution in [-0.4, -0.2) is 35.4 Å². The maximum atomic E-state index is 11.3. The van der Waals surface area contributed by atoms with Crippen LogP contribution in [0.2, 0.25) is 0 Å². The molecule has 0 radical (unpaired) electrons. The number of rotatable bonds is 3. The zero-order chi connectivity index (χ0) is 14.7. The second-order valence-corrected chi connectivity index (χ2v) is 5.41. The van der Waals surface area contributed by atoms with Gasteiger partial charge in [0.25, 0.3) is 0 Å². The molecule has 5 nitrogen and oxygen atoms in total.